The number of halogens is 1. The Kier molecular flexibility index (Phi) is 4.56. The molecule has 0 saturated heterocycles. The van der Waals surface area contributed by atoms with Crippen LogP contribution in [0, 0.1) is 23.6 Å². The lowest BCUT2D eigenvalue weighted by molar-refractivity contribution is 0.105. The molecule has 1 aromatic rings. The molecule has 2 bridgehead atoms. The molecule has 21 heavy (non-hydrogen) atoms. The second-order valence-electron chi connectivity index (χ2n) is 6.12. The standard InChI is InChI=1S/C17H22FNO2/c18-15-3-5-17(6-4-15)21-11-16(20)10-19-9-14-8-12-1-2-13(14)7-12/h1-6,12-14,16,19-20H,7-11H2. The third-order valence-electron chi connectivity index (χ3n) is 4.46. The van der Waals surface area contributed by atoms with Gasteiger partial charge in [0.25, 0.3) is 0 Å². The molecule has 4 heteroatoms. The molecule has 4 atom stereocenters. The number of rotatable bonds is 7. The highest BCUT2D eigenvalue weighted by Gasteiger charge is 2.34. The highest BCUT2D eigenvalue weighted by molar-refractivity contribution is 5.22. The number of allylic oxidation sites excluding steroid dienone is 2. The van der Waals surface area contributed by atoms with E-state index in [0.29, 0.717) is 18.2 Å². The van der Waals surface area contributed by atoms with Gasteiger partial charge in [-0.05, 0) is 61.4 Å². The fourth-order valence-electron chi connectivity index (χ4n) is 3.35. The Morgan fingerprint density at radius 3 is 2.71 bits per heavy atom. The Labute approximate surface area is 124 Å². The first kappa shape index (κ1) is 14.5. The van der Waals surface area contributed by atoms with E-state index in [-0.39, 0.29) is 12.4 Å². The summed E-state index contributed by atoms with van der Waals surface area (Å²) in [7, 11) is 0. The minimum absolute atomic E-state index is 0.218. The van der Waals surface area contributed by atoms with Crippen LogP contribution in [0.15, 0.2) is 36.4 Å². The Bertz CT molecular complexity index is 488. The van der Waals surface area contributed by atoms with Gasteiger partial charge in [-0.1, -0.05) is 12.2 Å². The number of hydrogen-bond donors (Lipinski definition) is 2. The summed E-state index contributed by atoms with van der Waals surface area (Å²) in [4.78, 5) is 0. The number of nitrogens with one attached hydrogen (secondary N) is 1. The maximum Gasteiger partial charge on any atom is 0.123 e. The highest BCUT2D eigenvalue weighted by Crippen LogP contribution is 2.42. The van der Waals surface area contributed by atoms with Crippen molar-refractivity contribution < 1.29 is 14.2 Å². The molecule has 0 heterocycles. The van der Waals surface area contributed by atoms with Crippen LogP contribution in [0.5, 0.6) is 5.75 Å². The topological polar surface area (TPSA) is 41.5 Å². The number of fused-ring (bicyclic) bond motifs is 2. The van der Waals surface area contributed by atoms with Gasteiger partial charge in [0.2, 0.25) is 0 Å². The van der Waals surface area contributed by atoms with Gasteiger partial charge in [-0.25, -0.2) is 4.39 Å². The maximum absolute atomic E-state index is 12.7. The first-order valence-corrected chi connectivity index (χ1v) is 7.66. The van der Waals surface area contributed by atoms with Crippen molar-refractivity contribution >= 4 is 0 Å². The van der Waals surface area contributed by atoms with Crippen molar-refractivity contribution in [2.75, 3.05) is 19.7 Å². The number of aliphatic hydroxyl groups excluding tert-OH is 1. The molecule has 2 aliphatic rings. The van der Waals surface area contributed by atoms with Gasteiger partial charge in [-0.2, -0.15) is 0 Å². The van der Waals surface area contributed by atoms with Gasteiger partial charge in [0.1, 0.15) is 24.3 Å². The normalized spacial score (nSPS) is 28.0. The van der Waals surface area contributed by atoms with E-state index >= 15 is 0 Å². The van der Waals surface area contributed by atoms with Crippen LogP contribution in [0.1, 0.15) is 12.8 Å². The van der Waals surface area contributed by atoms with E-state index in [1.54, 1.807) is 12.1 Å². The second kappa shape index (κ2) is 6.58. The van der Waals surface area contributed by atoms with Crippen molar-refractivity contribution in [2.45, 2.75) is 18.9 Å². The van der Waals surface area contributed by atoms with Crippen LogP contribution >= 0.6 is 0 Å². The van der Waals surface area contributed by atoms with Crippen LogP contribution in [0.4, 0.5) is 4.39 Å². The number of hydrogen-bond acceptors (Lipinski definition) is 3. The highest BCUT2D eigenvalue weighted by atomic mass is 19.1. The van der Waals surface area contributed by atoms with Crippen molar-refractivity contribution in [3.05, 3.63) is 42.2 Å². The van der Waals surface area contributed by atoms with Crippen LogP contribution in [0.3, 0.4) is 0 Å². The van der Waals surface area contributed by atoms with Gasteiger partial charge >= 0.3 is 0 Å². The molecule has 0 aromatic heterocycles. The van der Waals surface area contributed by atoms with Gasteiger partial charge < -0.3 is 15.2 Å². The van der Waals surface area contributed by atoms with Gasteiger partial charge in [0.15, 0.2) is 0 Å². The SMILES string of the molecule is OC(CNCC1CC2C=CC1C2)COc1ccc(F)cc1. The number of ether oxygens (including phenoxy) is 1. The van der Waals surface area contributed by atoms with Crippen LogP contribution in [-0.4, -0.2) is 30.9 Å². The average molecular weight is 291 g/mol. The summed E-state index contributed by atoms with van der Waals surface area (Å²) >= 11 is 0. The molecule has 0 amide bonds. The average Bonchev–Trinajstić information content (AvgIpc) is 3.09. The molecular weight excluding hydrogens is 269 g/mol. The van der Waals surface area contributed by atoms with Gasteiger partial charge in [0, 0.05) is 6.54 Å². The molecule has 1 saturated carbocycles. The molecule has 1 fully saturated rings. The second-order valence-corrected chi connectivity index (χ2v) is 6.12. The lowest BCUT2D eigenvalue weighted by Gasteiger charge is -2.20. The molecule has 2 aliphatic carbocycles. The Morgan fingerprint density at radius 2 is 2.05 bits per heavy atom. The van der Waals surface area contributed by atoms with E-state index in [4.69, 9.17) is 4.74 Å². The fraction of sp³-hybridized carbons (Fsp3) is 0.529. The Balaban J connectivity index is 1.32. The molecular formula is C17H22FNO2. The van der Waals surface area contributed by atoms with Crippen LogP contribution < -0.4 is 10.1 Å². The molecule has 3 rings (SSSR count). The van der Waals surface area contributed by atoms with Gasteiger partial charge in [-0.3, -0.25) is 0 Å². The summed E-state index contributed by atoms with van der Waals surface area (Å²) in [6.07, 6.45) is 6.71. The number of benzene rings is 1. The van der Waals surface area contributed by atoms with Crippen LogP contribution in [0.2, 0.25) is 0 Å². The summed E-state index contributed by atoms with van der Waals surface area (Å²) in [5, 5.41) is 13.2. The van der Waals surface area contributed by atoms with Gasteiger partial charge in [-0.15, -0.1) is 0 Å². The summed E-state index contributed by atoms with van der Waals surface area (Å²) < 4.78 is 18.2. The van der Waals surface area contributed by atoms with Crippen molar-refractivity contribution in [1.82, 2.24) is 5.32 Å². The van der Waals surface area contributed by atoms with E-state index in [9.17, 15) is 9.50 Å². The van der Waals surface area contributed by atoms with E-state index in [2.05, 4.69) is 17.5 Å². The molecule has 0 aliphatic heterocycles. The monoisotopic (exact) mass is 291 g/mol. The number of aliphatic hydroxyl groups is 1. The summed E-state index contributed by atoms with van der Waals surface area (Å²) in [5.41, 5.74) is 0. The molecule has 1 aromatic carbocycles. The van der Waals surface area contributed by atoms with E-state index in [0.717, 1.165) is 18.4 Å². The molecule has 114 valence electrons. The van der Waals surface area contributed by atoms with Crippen molar-refractivity contribution in [2.24, 2.45) is 17.8 Å². The maximum atomic E-state index is 12.7. The summed E-state index contributed by atoms with van der Waals surface area (Å²) in [6.45, 7) is 1.70. The lowest BCUT2D eigenvalue weighted by Crippen LogP contribution is -2.35. The predicted molar refractivity (Wildman–Crippen MR) is 79.6 cm³/mol. The molecule has 0 radical (unpaired) electrons. The fourth-order valence-corrected chi connectivity index (χ4v) is 3.35. The first-order valence-electron chi connectivity index (χ1n) is 7.66. The zero-order valence-corrected chi connectivity index (χ0v) is 12.0. The zero-order valence-electron chi connectivity index (χ0n) is 12.0. The minimum Gasteiger partial charge on any atom is -0.491 e. The molecule has 4 unspecified atom stereocenters. The largest absolute Gasteiger partial charge is 0.491 e. The van der Waals surface area contributed by atoms with Crippen molar-refractivity contribution in [3.63, 3.8) is 0 Å². The quantitative estimate of drug-likeness (QED) is 0.758. The van der Waals surface area contributed by atoms with E-state index in [1.165, 1.54) is 25.0 Å². The smallest absolute Gasteiger partial charge is 0.123 e. The summed E-state index contributed by atoms with van der Waals surface area (Å²) in [6, 6.07) is 5.83. The van der Waals surface area contributed by atoms with Crippen LogP contribution in [0.25, 0.3) is 0 Å². The zero-order chi connectivity index (χ0) is 14.7. The van der Waals surface area contributed by atoms with Crippen molar-refractivity contribution in [1.29, 1.82) is 0 Å². The molecule has 3 nitrogen and oxygen atoms in total. The summed E-state index contributed by atoms with van der Waals surface area (Å²) in [5.74, 6) is 2.52. The Morgan fingerprint density at radius 1 is 1.24 bits per heavy atom. The van der Waals surface area contributed by atoms with Gasteiger partial charge in [0.05, 0.1) is 0 Å². The molecule has 0 spiro atoms. The van der Waals surface area contributed by atoms with E-state index < -0.39 is 6.10 Å². The third-order valence-corrected chi connectivity index (χ3v) is 4.46. The first-order chi connectivity index (χ1) is 10.2. The van der Waals surface area contributed by atoms with E-state index in [1.807, 2.05) is 0 Å². The molecule has 2 N–H and O–H groups in total. The van der Waals surface area contributed by atoms with Crippen LogP contribution in [-0.2, 0) is 0 Å². The Hall–Kier alpha value is -1.39. The minimum atomic E-state index is -0.552. The lowest BCUT2D eigenvalue weighted by atomic mass is 9.93. The third kappa shape index (κ3) is 3.83. The predicted octanol–water partition coefficient (Wildman–Crippen LogP) is 2.37. The van der Waals surface area contributed by atoms with Crippen molar-refractivity contribution in [3.8, 4) is 5.75 Å².